The molecule has 0 spiro atoms. The lowest BCUT2D eigenvalue weighted by molar-refractivity contribution is -0.126. The molecule has 1 N–H and O–H groups in total. The van der Waals surface area contributed by atoms with Crippen LogP contribution >= 0.6 is 0 Å². The number of aryl methyl sites for hydroxylation is 1. The van der Waals surface area contributed by atoms with Crippen molar-refractivity contribution in [3.63, 3.8) is 0 Å². The Kier molecular flexibility index (Phi) is 6.67. The molecule has 9 heteroatoms. The van der Waals surface area contributed by atoms with Gasteiger partial charge < -0.3 is 28.7 Å². The van der Waals surface area contributed by atoms with Crippen LogP contribution in [-0.4, -0.2) is 53.6 Å². The van der Waals surface area contributed by atoms with Gasteiger partial charge in [-0.1, -0.05) is 0 Å². The van der Waals surface area contributed by atoms with E-state index in [9.17, 15) is 9.59 Å². The van der Waals surface area contributed by atoms with E-state index in [4.69, 9.17) is 13.9 Å². The van der Waals surface area contributed by atoms with E-state index >= 15 is 0 Å². The highest BCUT2D eigenvalue weighted by Gasteiger charge is 2.31. The first kappa shape index (κ1) is 22.4. The van der Waals surface area contributed by atoms with Crippen molar-refractivity contribution in [1.82, 2.24) is 19.8 Å². The summed E-state index contributed by atoms with van der Waals surface area (Å²) in [7, 11) is 5.06. The number of benzene rings is 1. The van der Waals surface area contributed by atoms with E-state index in [0.717, 1.165) is 5.56 Å². The van der Waals surface area contributed by atoms with E-state index < -0.39 is 6.04 Å². The summed E-state index contributed by atoms with van der Waals surface area (Å²) >= 11 is 0. The van der Waals surface area contributed by atoms with Gasteiger partial charge in [0.2, 0.25) is 5.91 Å². The standard InChI is InChI=1S/C24H28N4O5/c1-27-11-8-25-22(27)21(17-13-18(31-2)15-19(14-17)32-3)26-23(29)16-6-9-28(10-7-16)24(30)20-5-4-12-33-20/h4-5,8,11-16,21H,6-7,9-10H2,1-3H3,(H,26,29). The molecule has 33 heavy (non-hydrogen) atoms. The second kappa shape index (κ2) is 9.81. The molecule has 9 nitrogen and oxygen atoms in total. The molecule has 1 atom stereocenters. The zero-order valence-corrected chi connectivity index (χ0v) is 19.0. The maximum Gasteiger partial charge on any atom is 0.289 e. The molecule has 0 bridgehead atoms. The number of hydrogen-bond acceptors (Lipinski definition) is 6. The third-order valence-corrected chi connectivity index (χ3v) is 6.00. The predicted octanol–water partition coefficient (Wildman–Crippen LogP) is 2.79. The van der Waals surface area contributed by atoms with Crippen molar-refractivity contribution in [3.8, 4) is 11.5 Å². The minimum Gasteiger partial charge on any atom is -0.497 e. The fourth-order valence-electron chi connectivity index (χ4n) is 4.11. The summed E-state index contributed by atoms with van der Waals surface area (Å²) in [5.41, 5.74) is 0.805. The highest BCUT2D eigenvalue weighted by Crippen LogP contribution is 2.30. The van der Waals surface area contributed by atoms with Crippen LogP contribution in [0.2, 0.25) is 0 Å². The van der Waals surface area contributed by atoms with E-state index in [1.807, 2.05) is 29.9 Å². The number of rotatable bonds is 7. The molecule has 2 aromatic heterocycles. The van der Waals surface area contributed by atoms with Gasteiger partial charge in [0, 0.05) is 44.5 Å². The maximum atomic E-state index is 13.3. The largest absolute Gasteiger partial charge is 0.497 e. The Labute approximate surface area is 192 Å². The van der Waals surface area contributed by atoms with Gasteiger partial charge in [-0.15, -0.1) is 0 Å². The number of nitrogens with one attached hydrogen (secondary N) is 1. The third-order valence-electron chi connectivity index (χ3n) is 6.00. The van der Waals surface area contributed by atoms with Gasteiger partial charge >= 0.3 is 0 Å². The van der Waals surface area contributed by atoms with Crippen LogP contribution in [0.4, 0.5) is 0 Å². The Morgan fingerprint density at radius 1 is 1.15 bits per heavy atom. The molecule has 1 aliphatic heterocycles. The van der Waals surface area contributed by atoms with Crippen molar-refractivity contribution in [2.75, 3.05) is 27.3 Å². The van der Waals surface area contributed by atoms with E-state index in [1.54, 1.807) is 43.5 Å². The van der Waals surface area contributed by atoms with Crippen LogP contribution in [0.1, 0.15) is 40.8 Å². The number of amides is 2. The van der Waals surface area contributed by atoms with Crippen LogP contribution in [0.15, 0.2) is 53.4 Å². The summed E-state index contributed by atoms with van der Waals surface area (Å²) < 4.78 is 17.9. The number of likely N-dealkylation sites (tertiary alicyclic amines) is 1. The monoisotopic (exact) mass is 452 g/mol. The summed E-state index contributed by atoms with van der Waals surface area (Å²) in [5.74, 6) is 1.85. The Hall–Kier alpha value is -3.75. The van der Waals surface area contributed by atoms with Gasteiger partial charge in [0.1, 0.15) is 23.4 Å². The molecule has 1 fully saturated rings. The minimum absolute atomic E-state index is 0.0742. The van der Waals surface area contributed by atoms with Crippen molar-refractivity contribution in [2.24, 2.45) is 13.0 Å². The quantitative estimate of drug-likeness (QED) is 0.592. The summed E-state index contributed by atoms with van der Waals surface area (Å²) in [4.78, 5) is 32.0. The average molecular weight is 453 g/mol. The molecule has 1 aliphatic rings. The zero-order valence-electron chi connectivity index (χ0n) is 19.0. The summed E-state index contributed by atoms with van der Waals surface area (Å²) in [6, 6.07) is 8.38. The first-order chi connectivity index (χ1) is 16.0. The summed E-state index contributed by atoms with van der Waals surface area (Å²) in [5, 5.41) is 3.17. The van der Waals surface area contributed by atoms with E-state index in [-0.39, 0.29) is 17.7 Å². The summed E-state index contributed by atoms with van der Waals surface area (Å²) in [6.45, 7) is 0.995. The second-order valence-electron chi connectivity index (χ2n) is 8.03. The van der Waals surface area contributed by atoms with Crippen molar-refractivity contribution < 1.29 is 23.5 Å². The van der Waals surface area contributed by atoms with Crippen LogP contribution < -0.4 is 14.8 Å². The first-order valence-corrected chi connectivity index (χ1v) is 10.8. The number of ether oxygens (including phenoxy) is 2. The second-order valence-corrected chi connectivity index (χ2v) is 8.03. The van der Waals surface area contributed by atoms with Gasteiger partial charge in [0.15, 0.2) is 5.76 Å². The number of furan rings is 1. The van der Waals surface area contributed by atoms with E-state index in [1.165, 1.54) is 6.26 Å². The van der Waals surface area contributed by atoms with Gasteiger partial charge in [-0.25, -0.2) is 4.98 Å². The number of piperidine rings is 1. The Morgan fingerprint density at radius 2 is 1.85 bits per heavy atom. The normalized spacial score (nSPS) is 15.2. The van der Waals surface area contributed by atoms with Crippen LogP contribution in [0.25, 0.3) is 0 Å². The summed E-state index contributed by atoms with van der Waals surface area (Å²) in [6.07, 6.45) is 6.17. The van der Waals surface area contributed by atoms with Gasteiger partial charge in [0.05, 0.1) is 20.5 Å². The molecule has 1 aromatic carbocycles. The van der Waals surface area contributed by atoms with Crippen molar-refractivity contribution in [3.05, 3.63) is 66.1 Å². The zero-order chi connectivity index (χ0) is 23.4. The maximum absolute atomic E-state index is 13.3. The fourth-order valence-corrected chi connectivity index (χ4v) is 4.11. The van der Waals surface area contributed by atoms with Crippen molar-refractivity contribution in [2.45, 2.75) is 18.9 Å². The Bertz CT molecular complexity index is 1080. The molecule has 3 aromatic rings. The van der Waals surface area contributed by atoms with Crippen LogP contribution in [0.5, 0.6) is 11.5 Å². The molecular formula is C24H28N4O5. The highest BCUT2D eigenvalue weighted by atomic mass is 16.5. The third kappa shape index (κ3) is 4.87. The lowest BCUT2D eigenvalue weighted by Gasteiger charge is -2.31. The molecule has 0 saturated carbocycles. The molecular weight excluding hydrogens is 424 g/mol. The smallest absolute Gasteiger partial charge is 0.289 e. The topological polar surface area (TPSA) is 98.8 Å². The molecule has 0 aliphatic carbocycles. The average Bonchev–Trinajstić information content (AvgIpc) is 3.54. The number of aromatic nitrogens is 2. The number of hydrogen-bond donors (Lipinski definition) is 1. The van der Waals surface area contributed by atoms with Crippen LogP contribution in [0.3, 0.4) is 0 Å². The van der Waals surface area contributed by atoms with Gasteiger partial charge in [0.25, 0.3) is 5.91 Å². The van der Waals surface area contributed by atoms with Gasteiger partial charge in [-0.3, -0.25) is 9.59 Å². The Balaban J connectivity index is 1.50. The number of methoxy groups -OCH3 is 2. The number of carbonyl (C=O) groups is 2. The number of imidazole rings is 1. The molecule has 1 saturated heterocycles. The van der Waals surface area contributed by atoms with Crippen LogP contribution in [0, 0.1) is 5.92 Å². The molecule has 1 unspecified atom stereocenters. The van der Waals surface area contributed by atoms with E-state index in [0.29, 0.717) is 49.0 Å². The minimum atomic E-state index is -0.482. The first-order valence-electron chi connectivity index (χ1n) is 10.8. The molecule has 2 amide bonds. The lowest BCUT2D eigenvalue weighted by atomic mass is 9.94. The molecule has 4 rings (SSSR count). The van der Waals surface area contributed by atoms with Crippen LogP contribution in [-0.2, 0) is 11.8 Å². The number of nitrogens with zero attached hydrogens (tertiary/aromatic N) is 3. The van der Waals surface area contributed by atoms with Gasteiger partial charge in [-0.2, -0.15) is 0 Å². The SMILES string of the molecule is COc1cc(OC)cc(C(NC(=O)C2CCN(C(=O)c3ccco3)CC2)c2nccn2C)c1. The lowest BCUT2D eigenvalue weighted by Crippen LogP contribution is -2.44. The molecule has 174 valence electrons. The molecule has 3 heterocycles. The van der Waals surface area contributed by atoms with E-state index in [2.05, 4.69) is 10.3 Å². The predicted molar refractivity (Wildman–Crippen MR) is 120 cm³/mol. The van der Waals surface area contributed by atoms with Gasteiger partial charge in [-0.05, 0) is 42.7 Å². The molecule has 0 radical (unpaired) electrons. The fraction of sp³-hybridized carbons (Fsp3) is 0.375. The van der Waals surface area contributed by atoms with Crippen molar-refractivity contribution in [1.29, 1.82) is 0 Å². The number of carbonyl (C=O) groups excluding carboxylic acids is 2. The highest BCUT2D eigenvalue weighted by molar-refractivity contribution is 5.91. The Morgan fingerprint density at radius 3 is 2.39 bits per heavy atom. The van der Waals surface area contributed by atoms with Crippen molar-refractivity contribution >= 4 is 11.8 Å².